The van der Waals surface area contributed by atoms with E-state index in [2.05, 4.69) is 16.0 Å². The van der Waals surface area contributed by atoms with E-state index < -0.39 is 59.8 Å². The van der Waals surface area contributed by atoms with E-state index in [9.17, 15) is 28.5 Å². The van der Waals surface area contributed by atoms with E-state index in [0.29, 0.717) is 23.8 Å². The molecule has 2 aromatic rings. The number of carbonyl (C=O) groups is 5. The molecule has 0 saturated heterocycles. The lowest BCUT2D eigenvalue weighted by molar-refractivity contribution is -0.131. The van der Waals surface area contributed by atoms with E-state index in [1.165, 1.54) is 13.2 Å². The second-order valence-corrected chi connectivity index (χ2v) is 11.1. The van der Waals surface area contributed by atoms with Gasteiger partial charge in [-0.25, -0.2) is 4.79 Å². The van der Waals surface area contributed by atoms with Gasteiger partial charge in [0.25, 0.3) is 0 Å². The van der Waals surface area contributed by atoms with Crippen LogP contribution in [-0.2, 0) is 48.3 Å². The van der Waals surface area contributed by atoms with E-state index >= 15 is 0 Å². The van der Waals surface area contributed by atoms with Crippen molar-refractivity contribution in [2.75, 3.05) is 12.8 Å². The maximum Gasteiger partial charge on any atom is 0.452 e. The van der Waals surface area contributed by atoms with Gasteiger partial charge in [0.15, 0.2) is 6.04 Å². The Morgan fingerprint density at radius 2 is 1.51 bits per heavy atom. The Kier molecular flexibility index (Phi) is 13.8. The maximum absolute atomic E-state index is 13.3. The first kappa shape index (κ1) is 33.3. The average molecular weight is 587 g/mol. The fraction of sp³-hybridized carbons (Fsp3) is 0.414. The van der Waals surface area contributed by atoms with Crippen LogP contribution in [0.15, 0.2) is 60.7 Å². The maximum atomic E-state index is 13.3. The topological polar surface area (TPSA) is 157 Å². The summed E-state index contributed by atoms with van der Waals surface area (Å²) in [5.41, 5.74) is 1.41. The van der Waals surface area contributed by atoms with Gasteiger partial charge in [-0.05, 0) is 30.4 Å². The van der Waals surface area contributed by atoms with Crippen LogP contribution in [0.3, 0.4) is 0 Å². The first-order valence-electron chi connectivity index (χ1n) is 13.2. The standard InChI is InChI=1S/C29H38N4O7S/c1-20(2)15-24(18-34)32-27(36)21(3)31-26(35)17-30-28(37)25(16-22-11-7-5-8-12-22)33(41(4)39)29(38)40-19-23-13-9-6-10-14-23/h5-14,18,20-21,24-25H,15-17,19H2,1-4H3,(H,30,37)(H,31,35)(H,32,36)/t21-,24-,25-,41?/m0/s1. The van der Waals surface area contributed by atoms with Crippen molar-refractivity contribution in [1.29, 1.82) is 0 Å². The van der Waals surface area contributed by atoms with Crippen LogP contribution < -0.4 is 16.0 Å². The van der Waals surface area contributed by atoms with E-state index in [0.717, 1.165) is 4.31 Å². The Balaban J connectivity index is 2.08. The lowest BCUT2D eigenvalue weighted by Gasteiger charge is -2.28. The number of carbonyl (C=O) groups excluding carboxylic acids is 5. The van der Waals surface area contributed by atoms with Crippen LogP contribution in [0.25, 0.3) is 0 Å². The molecule has 0 aliphatic heterocycles. The Morgan fingerprint density at radius 1 is 0.927 bits per heavy atom. The predicted octanol–water partition coefficient (Wildman–Crippen LogP) is 1.88. The first-order chi connectivity index (χ1) is 19.5. The highest BCUT2D eigenvalue weighted by Gasteiger charge is 2.38. The summed E-state index contributed by atoms with van der Waals surface area (Å²) in [4.78, 5) is 62.5. The second kappa shape index (κ2) is 17.0. The minimum atomic E-state index is -1.94. The van der Waals surface area contributed by atoms with Gasteiger partial charge in [0, 0.05) is 6.42 Å². The van der Waals surface area contributed by atoms with Gasteiger partial charge >= 0.3 is 6.09 Å². The molecule has 0 aliphatic rings. The molecule has 0 heterocycles. The summed E-state index contributed by atoms with van der Waals surface area (Å²) in [5.74, 6) is -1.76. The van der Waals surface area contributed by atoms with Gasteiger partial charge in [0.1, 0.15) is 25.2 Å². The monoisotopic (exact) mass is 586 g/mol. The van der Waals surface area contributed by atoms with Gasteiger partial charge in [-0.3, -0.25) is 14.4 Å². The van der Waals surface area contributed by atoms with Gasteiger partial charge in [0.2, 0.25) is 17.7 Å². The molecular formula is C29H38N4O7S. The van der Waals surface area contributed by atoms with Crippen molar-refractivity contribution in [3.8, 4) is 0 Å². The number of nitrogens with zero attached hydrogens (tertiary/aromatic N) is 1. The molecule has 2 rings (SSSR count). The summed E-state index contributed by atoms with van der Waals surface area (Å²) in [7, 11) is 0. The molecule has 3 N–H and O–H groups in total. The number of amides is 4. The molecule has 222 valence electrons. The molecule has 11 nitrogen and oxygen atoms in total. The SMILES string of the molecule is CC(C)C[C@@H](C=O)NC(=O)[C@H](C)NC(=O)CNC(=O)[C@H](Cc1ccccc1)N(C(=O)OCc1ccccc1)[S+](C)[O-]. The molecule has 2 aromatic carbocycles. The zero-order valence-electron chi connectivity index (χ0n) is 23.7. The lowest BCUT2D eigenvalue weighted by atomic mass is 10.0. The summed E-state index contributed by atoms with van der Waals surface area (Å²) in [6.45, 7) is 4.69. The minimum absolute atomic E-state index is 0.00997. The first-order valence-corrected chi connectivity index (χ1v) is 14.7. The van der Waals surface area contributed by atoms with E-state index in [-0.39, 0.29) is 18.9 Å². The van der Waals surface area contributed by atoms with Crippen LogP contribution in [0.1, 0.15) is 38.3 Å². The Labute approximate surface area is 243 Å². The third kappa shape index (κ3) is 11.6. The molecule has 4 atom stereocenters. The highest BCUT2D eigenvalue weighted by atomic mass is 32.2. The van der Waals surface area contributed by atoms with Crippen LogP contribution in [0.5, 0.6) is 0 Å². The van der Waals surface area contributed by atoms with Gasteiger partial charge in [-0.15, -0.1) is 4.31 Å². The predicted molar refractivity (Wildman–Crippen MR) is 155 cm³/mol. The molecular weight excluding hydrogens is 548 g/mol. The number of rotatable bonds is 15. The normalized spacial score (nSPS) is 13.7. The second-order valence-electron chi connectivity index (χ2n) is 9.88. The zero-order chi connectivity index (χ0) is 30.4. The third-order valence-corrected chi connectivity index (χ3v) is 6.89. The summed E-state index contributed by atoms with van der Waals surface area (Å²) in [6, 6.07) is 14.8. The largest absolute Gasteiger partial charge is 0.593 e. The fourth-order valence-corrected chi connectivity index (χ4v) is 4.71. The molecule has 12 heteroatoms. The highest BCUT2D eigenvalue weighted by molar-refractivity contribution is 7.88. The van der Waals surface area contributed by atoms with Gasteiger partial charge in [0.05, 0.1) is 23.9 Å². The summed E-state index contributed by atoms with van der Waals surface area (Å²) < 4.78 is 18.9. The molecule has 0 spiro atoms. The van der Waals surface area contributed by atoms with Crippen LogP contribution in [0.2, 0.25) is 0 Å². The van der Waals surface area contributed by atoms with Crippen LogP contribution in [0.4, 0.5) is 4.79 Å². The van der Waals surface area contributed by atoms with Crippen LogP contribution >= 0.6 is 0 Å². The van der Waals surface area contributed by atoms with Gasteiger partial charge in [-0.2, -0.15) is 0 Å². The number of nitrogens with one attached hydrogen (secondary N) is 3. The number of hydrogen-bond acceptors (Lipinski definition) is 7. The van der Waals surface area contributed by atoms with Gasteiger partial charge in [-0.1, -0.05) is 74.5 Å². The molecule has 0 aromatic heterocycles. The van der Waals surface area contributed by atoms with Crippen molar-refractivity contribution in [1.82, 2.24) is 20.3 Å². The highest BCUT2D eigenvalue weighted by Crippen LogP contribution is 2.16. The number of aldehydes is 1. The Morgan fingerprint density at radius 3 is 2.05 bits per heavy atom. The molecule has 0 fully saturated rings. The Hall–Kier alpha value is -3.90. The number of hydrogen-bond donors (Lipinski definition) is 3. The van der Waals surface area contributed by atoms with E-state index in [1.807, 2.05) is 19.9 Å². The molecule has 1 unspecified atom stereocenters. The van der Waals surface area contributed by atoms with Crippen LogP contribution in [0, 0.1) is 5.92 Å². The van der Waals surface area contributed by atoms with Crippen molar-refractivity contribution >= 4 is 41.5 Å². The van der Waals surface area contributed by atoms with Crippen molar-refractivity contribution in [2.24, 2.45) is 5.92 Å². The molecule has 0 radical (unpaired) electrons. The smallest absolute Gasteiger partial charge is 0.452 e. The van der Waals surface area contributed by atoms with Gasteiger partial charge < -0.3 is 30.0 Å². The zero-order valence-corrected chi connectivity index (χ0v) is 24.5. The number of benzene rings is 2. The summed E-state index contributed by atoms with van der Waals surface area (Å²) in [6.07, 6.45) is 1.42. The average Bonchev–Trinajstić information content (AvgIpc) is 2.94. The lowest BCUT2D eigenvalue weighted by Crippen LogP contribution is -2.55. The third-order valence-electron chi connectivity index (χ3n) is 5.93. The molecule has 0 bridgehead atoms. The van der Waals surface area contributed by atoms with E-state index in [4.69, 9.17) is 4.74 Å². The minimum Gasteiger partial charge on any atom is -0.593 e. The quantitative estimate of drug-likeness (QED) is 0.212. The van der Waals surface area contributed by atoms with Crippen molar-refractivity contribution < 1.29 is 33.3 Å². The van der Waals surface area contributed by atoms with Crippen molar-refractivity contribution in [3.63, 3.8) is 0 Å². The fourth-order valence-electron chi connectivity index (χ4n) is 3.92. The van der Waals surface area contributed by atoms with Crippen LogP contribution in [-0.4, -0.2) is 69.9 Å². The summed E-state index contributed by atoms with van der Waals surface area (Å²) in [5, 5.41) is 7.52. The number of ether oxygens (including phenoxy) is 1. The molecule has 0 aliphatic carbocycles. The molecule has 4 amide bonds. The molecule has 41 heavy (non-hydrogen) atoms. The summed E-state index contributed by atoms with van der Waals surface area (Å²) >= 11 is -1.94. The van der Waals surface area contributed by atoms with Crippen molar-refractivity contribution in [2.45, 2.75) is 58.3 Å². The Bertz CT molecular complexity index is 1150. The molecule has 0 saturated carbocycles. The van der Waals surface area contributed by atoms with E-state index in [1.54, 1.807) is 54.6 Å². The van der Waals surface area contributed by atoms with Crippen molar-refractivity contribution in [3.05, 3.63) is 71.8 Å².